The molecule has 114 valence electrons. The van der Waals surface area contributed by atoms with Crippen molar-refractivity contribution in [2.75, 3.05) is 37.6 Å². The van der Waals surface area contributed by atoms with E-state index in [1.54, 1.807) is 0 Å². The quantitative estimate of drug-likeness (QED) is 0.838. The van der Waals surface area contributed by atoms with Gasteiger partial charge in [0.25, 0.3) is 0 Å². The summed E-state index contributed by atoms with van der Waals surface area (Å²) in [6.07, 6.45) is 8.75. The fourth-order valence-electron chi connectivity index (χ4n) is 3.78. The van der Waals surface area contributed by atoms with Crippen LogP contribution in [0.15, 0.2) is 30.4 Å². The topological polar surface area (TPSA) is 7.68 Å². The van der Waals surface area contributed by atoms with Crippen LogP contribution >= 0.6 is 0 Å². The van der Waals surface area contributed by atoms with Gasteiger partial charge in [0.15, 0.2) is 0 Å². The van der Waals surface area contributed by atoms with Gasteiger partial charge in [-0.3, -0.25) is 0 Å². The van der Waals surface area contributed by atoms with Crippen molar-refractivity contribution in [1.29, 1.82) is 0 Å². The summed E-state index contributed by atoms with van der Waals surface area (Å²) in [6, 6.07) is 6.83. The van der Waals surface area contributed by atoms with Gasteiger partial charge in [0.1, 0.15) is 0 Å². The summed E-state index contributed by atoms with van der Waals surface area (Å²) in [4.78, 5) is 4.41. The van der Waals surface area contributed by atoms with Gasteiger partial charge >= 0.3 is 0 Å². The Morgan fingerprint density at radius 3 is 2.67 bits per heavy atom. The number of aryl methyl sites for hydroxylation is 2. The highest BCUT2D eigenvalue weighted by Crippen LogP contribution is 2.21. The van der Waals surface area contributed by atoms with Gasteiger partial charge in [-0.05, 0) is 50.3 Å². The SMILES string of the molecule is Cc1ccc(C)c(N2CC[NH+](C[C@@H]3CC=CCC3)CC2)c1. The molecule has 1 aromatic carbocycles. The lowest BCUT2D eigenvalue weighted by molar-refractivity contribution is -0.904. The van der Waals surface area contributed by atoms with Crippen molar-refractivity contribution in [2.45, 2.75) is 33.1 Å². The highest BCUT2D eigenvalue weighted by Gasteiger charge is 2.24. The molecule has 1 saturated heterocycles. The smallest absolute Gasteiger partial charge is 0.0949 e. The van der Waals surface area contributed by atoms with Gasteiger partial charge in [-0.15, -0.1) is 0 Å². The summed E-state index contributed by atoms with van der Waals surface area (Å²) in [5, 5.41) is 0. The molecule has 0 spiro atoms. The molecule has 21 heavy (non-hydrogen) atoms. The molecule has 0 bridgehead atoms. The summed E-state index contributed by atoms with van der Waals surface area (Å²) in [5.41, 5.74) is 4.25. The molecule has 2 aliphatic rings. The standard InChI is InChI=1S/C19H28N2/c1-16-8-9-17(2)19(14-16)21-12-10-20(11-13-21)15-18-6-4-3-5-7-18/h3-4,8-9,14,18H,5-7,10-13,15H2,1-2H3/p+1/t18-/m1/s1. The van der Waals surface area contributed by atoms with Gasteiger partial charge in [-0.25, -0.2) is 0 Å². The van der Waals surface area contributed by atoms with Crippen LogP contribution in [0.1, 0.15) is 30.4 Å². The molecule has 1 heterocycles. The second kappa shape index (κ2) is 6.65. The van der Waals surface area contributed by atoms with Gasteiger partial charge in [-0.1, -0.05) is 24.3 Å². The number of benzene rings is 1. The highest BCUT2D eigenvalue weighted by molar-refractivity contribution is 5.55. The number of anilines is 1. The Morgan fingerprint density at radius 1 is 1.14 bits per heavy atom. The maximum atomic E-state index is 2.59. The number of allylic oxidation sites excluding steroid dienone is 2. The first-order valence-electron chi connectivity index (χ1n) is 8.53. The molecule has 1 aliphatic carbocycles. The van der Waals surface area contributed by atoms with E-state index in [4.69, 9.17) is 0 Å². The molecule has 0 saturated carbocycles. The minimum absolute atomic E-state index is 0.928. The van der Waals surface area contributed by atoms with E-state index in [0.717, 1.165) is 5.92 Å². The normalized spacial score (nSPS) is 23.5. The third kappa shape index (κ3) is 3.68. The first kappa shape index (κ1) is 14.6. The van der Waals surface area contributed by atoms with E-state index in [1.165, 1.54) is 68.8 Å². The summed E-state index contributed by atoms with van der Waals surface area (Å²) in [7, 11) is 0. The zero-order valence-electron chi connectivity index (χ0n) is 13.6. The fraction of sp³-hybridized carbons (Fsp3) is 0.579. The van der Waals surface area contributed by atoms with Crippen LogP contribution in [-0.4, -0.2) is 32.7 Å². The van der Waals surface area contributed by atoms with E-state index in [1.807, 2.05) is 4.90 Å². The largest absolute Gasteiger partial charge is 0.360 e. The average Bonchev–Trinajstić information content (AvgIpc) is 2.52. The zero-order chi connectivity index (χ0) is 14.7. The molecule has 2 heteroatoms. The van der Waals surface area contributed by atoms with Crippen LogP contribution in [0.2, 0.25) is 0 Å². The molecule has 1 atom stereocenters. The zero-order valence-corrected chi connectivity index (χ0v) is 13.6. The maximum Gasteiger partial charge on any atom is 0.0949 e. The van der Waals surface area contributed by atoms with Crippen LogP contribution in [0.3, 0.4) is 0 Å². The van der Waals surface area contributed by atoms with E-state index in [0.29, 0.717) is 0 Å². The molecule has 1 aliphatic heterocycles. The van der Waals surface area contributed by atoms with Crippen molar-refractivity contribution in [3.8, 4) is 0 Å². The number of piperazine rings is 1. The van der Waals surface area contributed by atoms with Crippen molar-refractivity contribution >= 4 is 5.69 Å². The van der Waals surface area contributed by atoms with Crippen molar-refractivity contribution in [2.24, 2.45) is 5.92 Å². The molecular formula is C19H29N2+. The summed E-state index contributed by atoms with van der Waals surface area (Å²) < 4.78 is 0. The summed E-state index contributed by atoms with van der Waals surface area (Å²) in [6.45, 7) is 10.8. The number of rotatable bonds is 3. The number of quaternary nitrogens is 1. The summed E-state index contributed by atoms with van der Waals surface area (Å²) in [5.74, 6) is 0.928. The van der Waals surface area contributed by atoms with Crippen LogP contribution in [0, 0.1) is 19.8 Å². The Hall–Kier alpha value is -1.28. The Bertz CT molecular complexity index is 498. The van der Waals surface area contributed by atoms with Crippen LogP contribution < -0.4 is 9.80 Å². The minimum Gasteiger partial charge on any atom is -0.360 e. The lowest BCUT2D eigenvalue weighted by atomic mass is 9.94. The molecule has 1 N–H and O–H groups in total. The third-order valence-corrected chi connectivity index (χ3v) is 5.13. The molecule has 0 unspecified atom stereocenters. The van der Waals surface area contributed by atoms with Crippen molar-refractivity contribution < 1.29 is 4.90 Å². The molecule has 2 nitrogen and oxygen atoms in total. The molecule has 0 aromatic heterocycles. The van der Waals surface area contributed by atoms with E-state index in [2.05, 4.69) is 49.1 Å². The van der Waals surface area contributed by atoms with Crippen molar-refractivity contribution in [3.63, 3.8) is 0 Å². The van der Waals surface area contributed by atoms with Gasteiger partial charge < -0.3 is 9.80 Å². The summed E-state index contributed by atoms with van der Waals surface area (Å²) >= 11 is 0. The number of hydrogen-bond donors (Lipinski definition) is 1. The average molecular weight is 285 g/mol. The molecule has 1 aromatic rings. The van der Waals surface area contributed by atoms with Gasteiger partial charge in [0.05, 0.1) is 32.7 Å². The molecular weight excluding hydrogens is 256 g/mol. The Labute approximate surface area is 129 Å². The van der Waals surface area contributed by atoms with E-state index in [-0.39, 0.29) is 0 Å². The van der Waals surface area contributed by atoms with Crippen molar-refractivity contribution in [1.82, 2.24) is 0 Å². The Kier molecular flexibility index (Phi) is 4.64. The van der Waals surface area contributed by atoms with Gasteiger partial charge in [0.2, 0.25) is 0 Å². The van der Waals surface area contributed by atoms with Crippen LogP contribution in [-0.2, 0) is 0 Å². The molecule has 3 rings (SSSR count). The van der Waals surface area contributed by atoms with Crippen LogP contribution in [0.25, 0.3) is 0 Å². The maximum absolute atomic E-state index is 2.59. The molecule has 0 amide bonds. The highest BCUT2D eigenvalue weighted by atomic mass is 15.3. The predicted molar refractivity (Wildman–Crippen MR) is 90.2 cm³/mol. The fourth-order valence-corrected chi connectivity index (χ4v) is 3.78. The first-order valence-corrected chi connectivity index (χ1v) is 8.53. The Morgan fingerprint density at radius 2 is 1.95 bits per heavy atom. The third-order valence-electron chi connectivity index (χ3n) is 5.13. The van der Waals surface area contributed by atoms with E-state index < -0.39 is 0 Å². The number of nitrogens with zero attached hydrogens (tertiary/aromatic N) is 1. The number of nitrogens with one attached hydrogen (secondary N) is 1. The lowest BCUT2D eigenvalue weighted by Gasteiger charge is -2.36. The van der Waals surface area contributed by atoms with E-state index >= 15 is 0 Å². The first-order chi connectivity index (χ1) is 10.2. The van der Waals surface area contributed by atoms with Crippen molar-refractivity contribution in [3.05, 3.63) is 41.5 Å². The molecule has 1 fully saturated rings. The second-order valence-electron chi connectivity index (χ2n) is 6.88. The molecule has 0 radical (unpaired) electrons. The second-order valence-corrected chi connectivity index (χ2v) is 6.88. The van der Waals surface area contributed by atoms with E-state index in [9.17, 15) is 0 Å². The lowest BCUT2D eigenvalue weighted by Crippen LogP contribution is -3.15. The monoisotopic (exact) mass is 285 g/mol. The van der Waals surface area contributed by atoms with Crippen LogP contribution in [0.5, 0.6) is 0 Å². The minimum atomic E-state index is 0.928. The van der Waals surface area contributed by atoms with Gasteiger partial charge in [-0.2, -0.15) is 0 Å². The van der Waals surface area contributed by atoms with Crippen LogP contribution in [0.4, 0.5) is 5.69 Å². The number of hydrogen-bond acceptors (Lipinski definition) is 1. The predicted octanol–water partition coefficient (Wildman–Crippen LogP) is 2.36. The van der Waals surface area contributed by atoms with Gasteiger partial charge in [0, 0.05) is 11.6 Å². The Balaban J connectivity index is 1.55.